The number of aliphatic carboxylic acids is 1. The van der Waals surface area contributed by atoms with E-state index in [9.17, 15) is 14.9 Å². The molecule has 0 aliphatic heterocycles. The molecule has 0 aliphatic rings. The molecular formula is C10H10N4O4S2. The van der Waals surface area contributed by atoms with Crippen LogP contribution in [-0.2, 0) is 18.3 Å². The maximum Gasteiger partial charge on any atom is 0.324 e. The Hall–Kier alpha value is -1.94. The van der Waals surface area contributed by atoms with E-state index in [1.165, 1.54) is 16.0 Å². The number of nitrogens with zero attached hydrogens (tertiary/aromatic N) is 4. The summed E-state index contributed by atoms with van der Waals surface area (Å²) < 4.78 is 1.98. The first kappa shape index (κ1) is 14.5. The summed E-state index contributed by atoms with van der Waals surface area (Å²) in [5.41, 5.74) is 0.723. The van der Waals surface area contributed by atoms with Gasteiger partial charge in [-0.3, -0.25) is 19.6 Å². The molecule has 20 heavy (non-hydrogen) atoms. The highest BCUT2D eigenvalue weighted by Gasteiger charge is 2.25. The average Bonchev–Trinajstić information content (AvgIpc) is 2.84. The zero-order valence-electron chi connectivity index (χ0n) is 10.6. The van der Waals surface area contributed by atoms with Crippen molar-refractivity contribution < 1.29 is 14.8 Å². The third kappa shape index (κ3) is 2.96. The van der Waals surface area contributed by atoms with Crippen LogP contribution in [-0.4, -0.2) is 30.8 Å². The molecule has 0 bridgehead atoms. The summed E-state index contributed by atoms with van der Waals surface area (Å²) in [6.45, 7) is 1.57. The lowest BCUT2D eigenvalue weighted by molar-refractivity contribution is -0.388. The lowest BCUT2D eigenvalue weighted by Crippen LogP contribution is -2.00. The molecular weight excluding hydrogens is 304 g/mol. The third-order valence-corrected chi connectivity index (χ3v) is 4.51. The summed E-state index contributed by atoms with van der Waals surface area (Å²) >= 11 is 2.36. The number of hydrogen-bond donors (Lipinski definition) is 1. The van der Waals surface area contributed by atoms with E-state index in [1.807, 2.05) is 0 Å². The second kappa shape index (κ2) is 5.59. The number of aryl methyl sites for hydroxylation is 2. The van der Waals surface area contributed by atoms with Crippen LogP contribution < -0.4 is 0 Å². The van der Waals surface area contributed by atoms with Crippen molar-refractivity contribution in [2.45, 2.75) is 22.7 Å². The Morgan fingerprint density at radius 3 is 2.95 bits per heavy atom. The number of carboxylic acids is 1. The molecule has 0 aromatic carbocycles. The van der Waals surface area contributed by atoms with E-state index in [2.05, 4.69) is 10.1 Å². The van der Waals surface area contributed by atoms with Gasteiger partial charge in [0.1, 0.15) is 5.69 Å². The standard InChI is InChI=1S/C10H10N4O4S2/c1-5-8(14(17)18)9(13(2)12-5)20-10-11-6(4-19-10)3-7(15)16/h4H,3H2,1-2H3,(H,15,16). The predicted octanol–water partition coefficient (Wildman–Crippen LogP) is 1.87. The van der Waals surface area contributed by atoms with Gasteiger partial charge in [-0.1, -0.05) is 0 Å². The smallest absolute Gasteiger partial charge is 0.324 e. The molecule has 0 saturated heterocycles. The minimum atomic E-state index is -0.964. The van der Waals surface area contributed by atoms with E-state index in [1.54, 1.807) is 19.4 Å². The third-order valence-electron chi connectivity index (χ3n) is 2.37. The van der Waals surface area contributed by atoms with Gasteiger partial charge >= 0.3 is 11.7 Å². The summed E-state index contributed by atoms with van der Waals surface area (Å²) in [6.07, 6.45) is -0.163. The van der Waals surface area contributed by atoms with Crippen LogP contribution in [0.5, 0.6) is 0 Å². The molecule has 0 unspecified atom stereocenters. The van der Waals surface area contributed by atoms with Gasteiger partial charge in [-0.05, 0) is 18.7 Å². The summed E-state index contributed by atoms with van der Waals surface area (Å²) in [5.74, 6) is -0.964. The van der Waals surface area contributed by atoms with E-state index < -0.39 is 10.9 Å². The average molecular weight is 314 g/mol. The van der Waals surface area contributed by atoms with Crippen molar-refractivity contribution in [1.29, 1.82) is 0 Å². The summed E-state index contributed by atoms with van der Waals surface area (Å²) in [4.78, 5) is 25.3. The van der Waals surface area contributed by atoms with Gasteiger partial charge in [-0.25, -0.2) is 4.98 Å². The number of carbonyl (C=O) groups is 1. The molecule has 2 heterocycles. The number of rotatable bonds is 5. The van der Waals surface area contributed by atoms with E-state index in [-0.39, 0.29) is 12.1 Å². The molecule has 8 nitrogen and oxygen atoms in total. The Kier molecular flexibility index (Phi) is 4.04. The van der Waals surface area contributed by atoms with Gasteiger partial charge in [0.05, 0.1) is 17.0 Å². The van der Waals surface area contributed by atoms with Crippen LogP contribution in [0, 0.1) is 17.0 Å². The quantitative estimate of drug-likeness (QED) is 0.662. The number of thiazole rings is 1. The summed E-state index contributed by atoms with van der Waals surface area (Å²) in [6, 6.07) is 0. The van der Waals surface area contributed by atoms with E-state index in [0.717, 1.165) is 11.8 Å². The number of aromatic nitrogens is 3. The molecule has 0 aliphatic carbocycles. The molecule has 106 valence electrons. The van der Waals surface area contributed by atoms with Crippen molar-refractivity contribution in [3.63, 3.8) is 0 Å². The van der Waals surface area contributed by atoms with Crippen LogP contribution in [0.2, 0.25) is 0 Å². The van der Waals surface area contributed by atoms with Gasteiger partial charge in [0.25, 0.3) is 0 Å². The molecule has 2 aromatic rings. The molecule has 0 atom stereocenters. The van der Waals surface area contributed by atoms with Gasteiger partial charge in [0.15, 0.2) is 9.37 Å². The van der Waals surface area contributed by atoms with Gasteiger partial charge < -0.3 is 5.11 Å². The van der Waals surface area contributed by atoms with Crippen molar-refractivity contribution in [3.05, 3.63) is 26.9 Å². The van der Waals surface area contributed by atoms with E-state index in [0.29, 0.717) is 20.8 Å². The molecule has 0 amide bonds. The lowest BCUT2D eigenvalue weighted by Gasteiger charge is -1.97. The van der Waals surface area contributed by atoms with Crippen molar-refractivity contribution in [1.82, 2.24) is 14.8 Å². The second-order valence-corrected chi connectivity index (χ2v) is 5.99. The summed E-state index contributed by atoms with van der Waals surface area (Å²) in [5, 5.41) is 25.8. The molecule has 0 fully saturated rings. The first-order valence-electron chi connectivity index (χ1n) is 5.40. The monoisotopic (exact) mass is 314 g/mol. The zero-order chi connectivity index (χ0) is 14.9. The normalized spacial score (nSPS) is 10.7. The fourth-order valence-electron chi connectivity index (χ4n) is 1.60. The topological polar surface area (TPSA) is 111 Å². The maximum absolute atomic E-state index is 11.0. The van der Waals surface area contributed by atoms with Crippen LogP contribution in [0.25, 0.3) is 0 Å². The van der Waals surface area contributed by atoms with Crippen LogP contribution >= 0.6 is 23.1 Å². The fourth-order valence-corrected chi connectivity index (χ4v) is 3.54. The molecule has 2 aromatic heterocycles. The van der Waals surface area contributed by atoms with E-state index in [4.69, 9.17) is 5.11 Å². The Labute approximate surface area is 121 Å². The maximum atomic E-state index is 11.0. The SMILES string of the molecule is Cc1nn(C)c(Sc2nc(CC(=O)O)cs2)c1[N+](=O)[O-]. The molecule has 0 saturated carbocycles. The van der Waals surface area contributed by atoms with Crippen LogP contribution in [0.15, 0.2) is 14.7 Å². The van der Waals surface area contributed by atoms with Gasteiger partial charge in [-0.2, -0.15) is 5.10 Å². The van der Waals surface area contributed by atoms with Crippen molar-refractivity contribution in [2.75, 3.05) is 0 Å². The highest BCUT2D eigenvalue weighted by atomic mass is 32.2. The number of hydrogen-bond acceptors (Lipinski definition) is 7. The van der Waals surface area contributed by atoms with E-state index >= 15 is 0 Å². The molecule has 0 radical (unpaired) electrons. The Bertz CT molecular complexity index is 679. The highest BCUT2D eigenvalue weighted by Crippen LogP contribution is 2.37. The van der Waals surface area contributed by atoms with Gasteiger partial charge in [0.2, 0.25) is 0 Å². The largest absolute Gasteiger partial charge is 0.481 e. The first-order valence-corrected chi connectivity index (χ1v) is 7.10. The lowest BCUT2D eigenvalue weighted by atomic mass is 10.3. The minimum absolute atomic E-state index is 0.0486. The highest BCUT2D eigenvalue weighted by molar-refractivity contribution is 8.01. The molecule has 1 N–H and O–H groups in total. The molecule has 0 spiro atoms. The summed E-state index contributed by atoms with van der Waals surface area (Å²) in [7, 11) is 1.62. The van der Waals surface area contributed by atoms with Crippen molar-refractivity contribution in [2.24, 2.45) is 7.05 Å². The van der Waals surface area contributed by atoms with Crippen molar-refractivity contribution in [3.8, 4) is 0 Å². The minimum Gasteiger partial charge on any atom is -0.481 e. The van der Waals surface area contributed by atoms with Crippen molar-refractivity contribution >= 4 is 34.8 Å². The second-order valence-electron chi connectivity index (χ2n) is 3.90. The Balaban J connectivity index is 2.28. The Morgan fingerprint density at radius 1 is 1.65 bits per heavy atom. The molecule has 10 heteroatoms. The number of carboxylic acid groups (broad SMARTS) is 1. The number of nitro groups is 1. The first-order chi connectivity index (χ1) is 9.38. The zero-order valence-corrected chi connectivity index (χ0v) is 12.2. The van der Waals surface area contributed by atoms with Crippen LogP contribution in [0.1, 0.15) is 11.4 Å². The Morgan fingerprint density at radius 2 is 2.35 bits per heavy atom. The van der Waals surface area contributed by atoms with Crippen LogP contribution in [0.4, 0.5) is 5.69 Å². The van der Waals surface area contributed by atoms with Gasteiger partial charge in [-0.15, -0.1) is 11.3 Å². The predicted molar refractivity (Wildman–Crippen MR) is 72.2 cm³/mol. The molecule has 2 rings (SSSR count). The fraction of sp³-hybridized carbons (Fsp3) is 0.300. The van der Waals surface area contributed by atoms with Gasteiger partial charge in [0, 0.05) is 12.4 Å². The van der Waals surface area contributed by atoms with Crippen LogP contribution in [0.3, 0.4) is 0 Å².